The zero-order valence-electron chi connectivity index (χ0n) is 22.0. The van der Waals surface area contributed by atoms with Crippen molar-refractivity contribution in [3.05, 3.63) is 0 Å². The fourth-order valence-corrected chi connectivity index (χ4v) is 4.21. The number of aliphatic hydroxyl groups excluding tert-OH is 2. The summed E-state index contributed by atoms with van der Waals surface area (Å²) in [5.74, 6) is -0.124. The minimum absolute atomic E-state index is 0.124. The Labute approximate surface area is 205 Å². The van der Waals surface area contributed by atoms with E-state index in [1.165, 1.54) is 77.0 Å². The van der Waals surface area contributed by atoms with Crippen LogP contribution in [-0.4, -0.2) is 48.2 Å². The number of aliphatic hydroxyl groups is 2. The van der Waals surface area contributed by atoms with Crippen LogP contribution in [0.3, 0.4) is 0 Å². The second-order valence-electron chi connectivity index (χ2n) is 9.51. The molecule has 0 bridgehead atoms. The Balaban J connectivity index is 3.47. The SMILES string of the molecule is CCCCCCCCCCCCCCCCC(O)[C@H](CO)OCCCCCCC(=O)OCC. The van der Waals surface area contributed by atoms with Gasteiger partial charge in [0.15, 0.2) is 0 Å². The van der Waals surface area contributed by atoms with Crippen molar-refractivity contribution in [3.63, 3.8) is 0 Å². The fraction of sp³-hybridized carbons (Fsp3) is 0.964. The summed E-state index contributed by atoms with van der Waals surface area (Å²) in [5, 5.41) is 19.8. The number of rotatable bonds is 26. The van der Waals surface area contributed by atoms with Crippen LogP contribution in [0.5, 0.6) is 0 Å². The molecule has 0 amide bonds. The first kappa shape index (κ1) is 32.4. The highest BCUT2D eigenvalue weighted by Gasteiger charge is 2.18. The zero-order chi connectivity index (χ0) is 24.4. The lowest BCUT2D eigenvalue weighted by Crippen LogP contribution is -2.32. The molecule has 2 atom stereocenters. The number of esters is 1. The average molecular weight is 473 g/mol. The second-order valence-corrected chi connectivity index (χ2v) is 9.51. The van der Waals surface area contributed by atoms with Gasteiger partial charge in [-0.05, 0) is 26.2 Å². The van der Waals surface area contributed by atoms with Crippen molar-refractivity contribution in [2.45, 2.75) is 154 Å². The van der Waals surface area contributed by atoms with E-state index in [2.05, 4.69) is 6.92 Å². The number of hydrogen-bond acceptors (Lipinski definition) is 5. The van der Waals surface area contributed by atoms with Crippen LogP contribution in [0.15, 0.2) is 0 Å². The topological polar surface area (TPSA) is 76.0 Å². The van der Waals surface area contributed by atoms with E-state index in [1.54, 1.807) is 0 Å². The molecule has 2 N–H and O–H groups in total. The van der Waals surface area contributed by atoms with Gasteiger partial charge in [-0.2, -0.15) is 0 Å². The van der Waals surface area contributed by atoms with Gasteiger partial charge in [0.25, 0.3) is 0 Å². The Bertz CT molecular complexity index is 402. The molecule has 0 saturated heterocycles. The lowest BCUT2D eigenvalue weighted by atomic mass is 10.0. The van der Waals surface area contributed by atoms with Gasteiger partial charge >= 0.3 is 5.97 Å². The van der Waals surface area contributed by atoms with E-state index in [-0.39, 0.29) is 12.6 Å². The van der Waals surface area contributed by atoms with Crippen molar-refractivity contribution in [2.24, 2.45) is 0 Å². The molecule has 0 aliphatic rings. The molecule has 33 heavy (non-hydrogen) atoms. The van der Waals surface area contributed by atoms with Crippen LogP contribution >= 0.6 is 0 Å². The van der Waals surface area contributed by atoms with E-state index in [9.17, 15) is 15.0 Å². The molecule has 0 radical (unpaired) electrons. The van der Waals surface area contributed by atoms with Gasteiger partial charge in [-0.3, -0.25) is 4.79 Å². The highest BCUT2D eigenvalue weighted by atomic mass is 16.5. The normalized spacial score (nSPS) is 13.2. The summed E-state index contributed by atoms with van der Waals surface area (Å²) in [6, 6.07) is 0. The molecule has 5 heteroatoms. The first-order valence-electron chi connectivity index (χ1n) is 14.2. The van der Waals surface area contributed by atoms with Gasteiger partial charge in [0.2, 0.25) is 0 Å². The molecule has 198 valence electrons. The van der Waals surface area contributed by atoms with Crippen molar-refractivity contribution in [1.82, 2.24) is 0 Å². The third kappa shape index (κ3) is 22.9. The van der Waals surface area contributed by atoms with Crippen LogP contribution in [0.1, 0.15) is 142 Å². The molecule has 0 aliphatic carbocycles. The van der Waals surface area contributed by atoms with Crippen LogP contribution in [0.25, 0.3) is 0 Å². The Hall–Kier alpha value is -0.650. The third-order valence-corrected chi connectivity index (χ3v) is 6.38. The summed E-state index contributed by atoms with van der Waals surface area (Å²) < 4.78 is 10.6. The van der Waals surface area contributed by atoms with E-state index < -0.39 is 12.2 Å². The minimum Gasteiger partial charge on any atom is -0.466 e. The molecule has 5 nitrogen and oxygen atoms in total. The van der Waals surface area contributed by atoms with Crippen LogP contribution in [0.2, 0.25) is 0 Å². The molecule has 0 heterocycles. The third-order valence-electron chi connectivity index (χ3n) is 6.38. The first-order chi connectivity index (χ1) is 16.2. The maximum absolute atomic E-state index is 11.3. The number of hydrogen-bond donors (Lipinski definition) is 2. The Morgan fingerprint density at radius 3 is 1.70 bits per heavy atom. The lowest BCUT2D eigenvalue weighted by molar-refractivity contribution is -0.143. The van der Waals surface area contributed by atoms with Crippen molar-refractivity contribution in [3.8, 4) is 0 Å². The lowest BCUT2D eigenvalue weighted by Gasteiger charge is -2.21. The second kappa shape index (κ2) is 26.0. The molecule has 0 aromatic rings. The monoisotopic (exact) mass is 472 g/mol. The van der Waals surface area contributed by atoms with Crippen LogP contribution in [-0.2, 0) is 14.3 Å². The van der Waals surface area contributed by atoms with E-state index in [4.69, 9.17) is 9.47 Å². The van der Waals surface area contributed by atoms with Gasteiger partial charge in [-0.25, -0.2) is 0 Å². The summed E-state index contributed by atoms with van der Waals surface area (Å²) in [6.45, 7) is 4.94. The number of carbonyl (C=O) groups is 1. The molecule has 0 spiro atoms. The van der Waals surface area contributed by atoms with Gasteiger partial charge in [-0.1, -0.05) is 110 Å². The van der Waals surface area contributed by atoms with Gasteiger partial charge in [-0.15, -0.1) is 0 Å². The Morgan fingerprint density at radius 1 is 0.697 bits per heavy atom. The van der Waals surface area contributed by atoms with E-state index >= 15 is 0 Å². The standard InChI is InChI=1S/C28H56O5/c1-3-5-6-7-8-9-10-11-12-13-14-15-16-19-22-26(30)27(25-29)33-24-21-18-17-20-23-28(31)32-4-2/h26-27,29-30H,3-25H2,1-2H3/t26?,27-/m0/s1. The van der Waals surface area contributed by atoms with Crippen molar-refractivity contribution in [2.75, 3.05) is 19.8 Å². The molecule has 0 fully saturated rings. The zero-order valence-corrected chi connectivity index (χ0v) is 22.0. The Kier molecular flexibility index (Phi) is 25.5. The minimum atomic E-state index is -0.587. The highest BCUT2D eigenvalue weighted by molar-refractivity contribution is 5.69. The molecule has 1 unspecified atom stereocenters. The van der Waals surface area contributed by atoms with Crippen molar-refractivity contribution >= 4 is 5.97 Å². The van der Waals surface area contributed by atoms with Gasteiger partial charge < -0.3 is 19.7 Å². The first-order valence-corrected chi connectivity index (χ1v) is 14.2. The van der Waals surface area contributed by atoms with Crippen LogP contribution in [0, 0.1) is 0 Å². The maximum atomic E-state index is 11.3. The summed E-state index contributed by atoms with van der Waals surface area (Å²) in [6.07, 6.45) is 22.3. The van der Waals surface area contributed by atoms with E-state index in [1.807, 2.05) is 6.92 Å². The van der Waals surface area contributed by atoms with Crippen LogP contribution < -0.4 is 0 Å². The molecule has 0 aromatic heterocycles. The Morgan fingerprint density at radius 2 is 1.18 bits per heavy atom. The van der Waals surface area contributed by atoms with Gasteiger partial charge in [0, 0.05) is 13.0 Å². The molecule has 0 saturated carbocycles. The average Bonchev–Trinajstić information content (AvgIpc) is 2.81. The van der Waals surface area contributed by atoms with Gasteiger partial charge in [0.05, 0.1) is 19.3 Å². The number of ether oxygens (including phenoxy) is 2. The number of carbonyl (C=O) groups excluding carboxylic acids is 1. The fourth-order valence-electron chi connectivity index (χ4n) is 4.21. The summed E-state index contributed by atoms with van der Waals surface area (Å²) >= 11 is 0. The van der Waals surface area contributed by atoms with Crippen LogP contribution in [0.4, 0.5) is 0 Å². The predicted molar refractivity (Wildman–Crippen MR) is 137 cm³/mol. The largest absolute Gasteiger partial charge is 0.466 e. The van der Waals surface area contributed by atoms with Crippen molar-refractivity contribution < 1.29 is 24.5 Å². The van der Waals surface area contributed by atoms with E-state index in [0.29, 0.717) is 26.1 Å². The predicted octanol–water partition coefficient (Wildman–Crippen LogP) is 7.11. The molecular weight excluding hydrogens is 416 g/mol. The molecule has 0 aliphatic heterocycles. The van der Waals surface area contributed by atoms with E-state index in [0.717, 1.165) is 38.5 Å². The van der Waals surface area contributed by atoms with Crippen molar-refractivity contribution in [1.29, 1.82) is 0 Å². The summed E-state index contributed by atoms with van der Waals surface area (Å²) in [4.78, 5) is 11.3. The number of unbranched alkanes of at least 4 members (excludes halogenated alkanes) is 16. The maximum Gasteiger partial charge on any atom is 0.305 e. The molecule has 0 aromatic carbocycles. The quantitative estimate of drug-likeness (QED) is 0.104. The van der Waals surface area contributed by atoms with Gasteiger partial charge in [0.1, 0.15) is 6.10 Å². The summed E-state index contributed by atoms with van der Waals surface area (Å²) in [7, 11) is 0. The molecular formula is C28H56O5. The summed E-state index contributed by atoms with van der Waals surface area (Å²) in [5.41, 5.74) is 0. The highest BCUT2D eigenvalue weighted by Crippen LogP contribution is 2.15. The smallest absolute Gasteiger partial charge is 0.305 e. The molecule has 0 rings (SSSR count).